The number of hydrogen-bond donors (Lipinski definition) is 1. The van der Waals surface area contributed by atoms with Crippen LogP contribution < -0.4 is 5.32 Å². The van der Waals surface area contributed by atoms with Gasteiger partial charge in [0.25, 0.3) is 17.1 Å². The van der Waals surface area contributed by atoms with Gasteiger partial charge in [0.05, 0.1) is 15.9 Å². The van der Waals surface area contributed by atoms with Crippen molar-refractivity contribution in [3.8, 4) is 0 Å². The summed E-state index contributed by atoms with van der Waals surface area (Å²) in [5.74, 6) is -0.485. The summed E-state index contributed by atoms with van der Waals surface area (Å²) in [5.41, 5.74) is 3.02. The maximum atomic E-state index is 13.2. The van der Waals surface area contributed by atoms with Crippen LogP contribution in [0.5, 0.6) is 0 Å². The van der Waals surface area contributed by atoms with Crippen LogP contribution in [0.15, 0.2) is 77.7 Å². The Morgan fingerprint density at radius 2 is 1.59 bits per heavy atom. The zero-order valence-corrected chi connectivity index (χ0v) is 15.9. The highest BCUT2D eigenvalue weighted by molar-refractivity contribution is 8.18. The van der Waals surface area contributed by atoms with Gasteiger partial charge < -0.3 is 0 Å². The summed E-state index contributed by atoms with van der Waals surface area (Å²) >= 11 is 0.887. The first-order valence-corrected chi connectivity index (χ1v) is 9.81. The first-order chi connectivity index (χ1) is 14.1. The van der Waals surface area contributed by atoms with E-state index in [1.54, 1.807) is 22.8 Å². The number of nitrogens with zero attached hydrogens (tertiary/aromatic N) is 1. The summed E-state index contributed by atoms with van der Waals surface area (Å²) in [6.45, 7) is 0. The molecule has 0 bridgehead atoms. The number of rotatable bonds is 2. The van der Waals surface area contributed by atoms with E-state index in [1.807, 2.05) is 60.7 Å². The van der Waals surface area contributed by atoms with E-state index in [-0.39, 0.29) is 17.1 Å². The van der Waals surface area contributed by atoms with E-state index in [9.17, 15) is 14.4 Å². The zero-order valence-electron chi connectivity index (χ0n) is 15.1. The summed E-state index contributed by atoms with van der Waals surface area (Å²) in [5, 5.41) is 3.75. The molecule has 0 unspecified atom stereocenters. The number of hydrogen-bond acceptors (Lipinski definition) is 4. The molecule has 0 radical (unpaired) electrons. The number of carbonyl (C=O) groups excluding carboxylic acids is 3. The van der Waals surface area contributed by atoms with Gasteiger partial charge in [0.2, 0.25) is 0 Å². The van der Waals surface area contributed by atoms with Gasteiger partial charge >= 0.3 is 0 Å². The Kier molecular flexibility index (Phi) is 4.07. The molecule has 0 aliphatic carbocycles. The number of amides is 2. The molecule has 3 aromatic carbocycles. The molecule has 2 heterocycles. The van der Waals surface area contributed by atoms with Crippen molar-refractivity contribution >= 4 is 56.7 Å². The Bertz CT molecular complexity index is 1350. The molecule has 1 fully saturated rings. The predicted molar refractivity (Wildman–Crippen MR) is 115 cm³/mol. The Labute approximate surface area is 170 Å². The third-order valence-electron chi connectivity index (χ3n) is 4.86. The van der Waals surface area contributed by atoms with Gasteiger partial charge in [-0.2, -0.15) is 0 Å². The lowest BCUT2D eigenvalue weighted by Gasteiger charge is -2.06. The van der Waals surface area contributed by atoms with Crippen LogP contribution in [0.1, 0.15) is 15.9 Å². The summed E-state index contributed by atoms with van der Waals surface area (Å²) in [4.78, 5) is 36.8. The highest BCUT2D eigenvalue weighted by Gasteiger charge is 2.25. The molecule has 4 aromatic rings. The lowest BCUT2D eigenvalue weighted by Crippen LogP contribution is -2.17. The summed E-state index contributed by atoms with van der Waals surface area (Å²) in [6.07, 6.45) is 1.69. The molecule has 1 N–H and O–H groups in total. The second-order valence-electron chi connectivity index (χ2n) is 6.65. The predicted octanol–water partition coefficient (Wildman–Crippen LogP) is 4.81. The lowest BCUT2D eigenvalue weighted by atomic mass is 10.1. The smallest absolute Gasteiger partial charge is 0.282 e. The van der Waals surface area contributed by atoms with Crippen molar-refractivity contribution in [2.45, 2.75) is 0 Å². The molecule has 140 valence electrons. The number of fused-ring (bicyclic) bond motifs is 3. The normalized spacial score (nSPS) is 15.4. The average Bonchev–Trinajstić information content (AvgIpc) is 3.24. The second kappa shape index (κ2) is 6.76. The molecular formula is C23H14N2O3S. The first kappa shape index (κ1) is 17.5. The van der Waals surface area contributed by atoms with Crippen molar-refractivity contribution < 1.29 is 14.4 Å². The van der Waals surface area contributed by atoms with Gasteiger partial charge in [0.1, 0.15) is 0 Å². The van der Waals surface area contributed by atoms with Gasteiger partial charge in [0.15, 0.2) is 0 Å². The number of aromatic nitrogens is 1. The molecule has 0 saturated carbocycles. The van der Waals surface area contributed by atoms with E-state index in [1.165, 1.54) is 0 Å². The maximum absolute atomic E-state index is 13.2. The van der Waals surface area contributed by atoms with Crippen LogP contribution in [0, 0.1) is 0 Å². The molecule has 1 saturated heterocycles. The van der Waals surface area contributed by atoms with E-state index >= 15 is 0 Å². The van der Waals surface area contributed by atoms with Crippen LogP contribution in [-0.4, -0.2) is 21.6 Å². The average molecular weight is 398 g/mol. The van der Waals surface area contributed by atoms with Crippen molar-refractivity contribution in [1.82, 2.24) is 9.88 Å². The number of carbonyl (C=O) groups is 3. The van der Waals surface area contributed by atoms with Gasteiger partial charge in [0, 0.05) is 16.3 Å². The van der Waals surface area contributed by atoms with Crippen molar-refractivity contribution in [3.63, 3.8) is 0 Å². The molecule has 0 spiro atoms. The van der Waals surface area contributed by atoms with Crippen LogP contribution in [0.3, 0.4) is 0 Å². The molecule has 5 rings (SSSR count). The van der Waals surface area contributed by atoms with Crippen LogP contribution in [0.2, 0.25) is 0 Å². The molecule has 6 heteroatoms. The Balaban J connectivity index is 1.71. The lowest BCUT2D eigenvalue weighted by molar-refractivity contribution is -0.115. The van der Waals surface area contributed by atoms with Crippen molar-refractivity contribution in [2.75, 3.05) is 0 Å². The van der Waals surface area contributed by atoms with Crippen LogP contribution >= 0.6 is 11.8 Å². The number of benzene rings is 3. The van der Waals surface area contributed by atoms with E-state index < -0.39 is 0 Å². The van der Waals surface area contributed by atoms with Gasteiger partial charge in [-0.25, -0.2) is 0 Å². The van der Waals surface area contributed by atoms with Gasteiger partial charge in [-0.05, 0) is 53.7 Å². The fourth-order valence-electron chi connectivity index (χ4n) is 3.58. The molecule has 1 aromatic heterocycles. The Morgan fingerprint density at radius 3 is 2.34 bits per heavy atom. The Morgan fingerprint density at radius 1 is 0.862 bits per heavy atom. The first-order valence-electron chi connectivity index (χ1n) is 8.99. The highest BCUT2D eigenvalue weighted by Crippen LogP contribution is 2.32. The summed E-state index contributed by atoms with van der Waals surface area (Å²) in [6, 6.07) is 22.6. The van der Waals surface area contributed by atoms with Gasteiger partial charge in [-0.3, -0.25) is 24.3 Å². The summed E-state index contributed by atoms with van der Waals surface area (Å²) < 4.78 is 1.72. The third kappa shape index (κ3) is 2.94. The standard InChI is InChI=1S/C23H14N2O3S/c26-21-20(29-23(28)24-21)13-14-10-11-19-17(12-14)16-8-4-5-9-18(16)25(19)22(27)15-6-2-1-3-7-15/h1-13H,(H,24,26,28). The van der Waals surface area contributed by atoms with E-state index in [2.05, 4.69) is 5.32 Å². The van der Waals surface area contributed by atoms with Gasteiger partial charge in [-0.15, -0.1) is 0 Å². The number of para-hydroxylation sites is 1. The molecule has 2 amide bonds. The van der Waals surface area contributed by atoms with Crippen molar-refractivity contribution in [3.05, 3.63) is 88.8 Å². The zero-order chi connectivity index (χ0) is 20.0. The quantitative estimate of drug-likeness (QED) is 0.492. The largest absolute Gasteiger partial charge is 0.290 e. The minimum atomic E-state index is -0.387. The fourth-order valence-corrected chi connectivity index (χ4v) is 4.26. The fraction of sp³-hybridized carbons (Fsp3) is 0. The van der Waals surface area contributed by atoms with Crippen LogP contribution in [0.25, 0.3) is 27.9 Å². The van der Waals surface area contributed by atoms with E-state index in [0.29, 0.717) is 10.5 Å². The summed E-state index contributed by atoms with van der Waals surface area (Å²) in [7, 11) is 0. The Hall–Kier alpha value is -3.64. The molecule has 1 aliphatic rings. The van der Waals surface area contributed by atoms with Crippen molar-refractivity contribution in [1.29, 1.82) is 0 Å². The molecule has 0 atom stereocenters. The SMILES string of the molecule is O=C1NC(=O)C(=Cc2ccc3c(c2)c2ccccc2n3C(=O)c2ccccc2)S1. The number of nitrogens with one attached hydrogen (secondary N) is 1. The topological polar surface area (TPSA) is 68.2 Å². The highest BCUT2D eigenvalue weighted by atomic mass is 32.2. The van der Waals surface area contributed by atoms with E-state index in [0.717, 1.165) is 39.1 Å². The van der Waals surface area contributed by atoms with Gasteiger partial charge in [-0.1, -0.05) is 42.5 Å². The third-order valence-corrected chi connectivity index (χ3v) is 5.67. The molecule has 5 nitrogen and oxygen atoms in total. The minimum absolute atomic E-state index is 0.0979. The van der Waals surface area contributed by atoms with Crippen LogP contribution in [-0.2, 0) is 4.79 Å². The van der Waals surface area contributed by atoms with Crippen LogP contribution in [0.4, 0.5) is 4.79 Å². The molecule has 1 aliphatic heterocycles. The van der Waals surface area contributed by atoms with E-state index in [4.69, 9.17) is 0 Å². The minimum Gasteiger partial charge on any atom is -0.282 e. The van der Waals surface area contributed by atoms with Crippen molar-refractivity contribution in [2.24, 2.45) is 0 Å². The monoisotopic (exact) mass is 398 g/mol. The molecular weight excluding hydrogens is 384 g/mol. The molecule has 29 heavy (non-hydrogen) atoms. The number of imide groups is 1. The second-order valence-corrected chi connectivity index (χ2v) is 7.67. The number of thioether (sulfide) groups is 1. The maximum Gasteiger partial charge on any atom is 0.290 e.